The highest BCUT2D eigenvalue weighted by Crippen LogP contribution is 2.29. The van der Waals surface area contributed by atoms with E-state index in [4.69, 9.17) is 17.3 Å². The Kier molecular flexibility index (Phi) is 5.38. The second-order valence-electron chi connectivity index (χ2n) is 6.44. The van der Waals surface area contributed by atoms with E-state index >= 15 is 0 Å². The van der Waals surface area contributed by atoms with E-state index in [1.54, 1.807) is 12.3 Å². The molecule has 142 valence electrons. The fraction of sp³-hybridized carbons (Fsp3) is 0.333. The molecule has 3 heterocycles. The third kappa shape index (κ3) is 3.50. The summed E-state index contributed by atoms with van der Waals surface area (Å²) in [6.07, 6.45) is 1.69. The zero-order valence-corrected chi connectivity index (χ0v) is 16.0. The van der Waals surface area contributed by atoms with Crippen molar-refractivity contribution in [3.05, 3.63) is 51.0 Å². The minimum absolute atomic E-state index is 0.0489. The van der Waals surface area contributed by atoms with Crippen molar-refractivity contribution in [2.45, 2.75) is 26.7 Å². The van der Waals surface area contributed by atoms with Crippen LogP contribution in [-0.2, 0) is 0 Å². The van der Waals surface area contributed by atoms with Gasteiger partial charge in [-0.15, -0.1) is 0 Å². The van der Waals surface area contributed by atoms with Crippen LogP contribution in [0.2, 0.25) is 5.15 Å². The molecular weight excluding hydrogens is 371 g/mol. The lowest BCUT2D eigenvalue weighted by molar-refractivity contribution is 0.624. The maximum absolute atomic E-state index is 14.1. The average Bonchev–Trinajstić information content (AvgIpc) is 2.62. The fourth-order valence-electron chi connectivity index (χ4n) is 2.91. The molecule has 7 nitrogen and oxygen atoms in total. The molecular formula is C18H20ClFN6O. The van der Waals surface area contributed by atoms with Crippen LogP contribution in [0.15, 0.2) is 23.1 Å². The largest absolute Gasteiger partial charge is 0.368 e. The van der Waals surface area contributed by atoms with Gasteiger partial charge >= 0.3 is 5.69 Å². The summed E-state index contributed by atoms with van der Waals surface area (Å²) in [5, 5.41) is 2.96. The molecule has 3 N–H and O–H groups in total. The molecule has 0 radical (unpaired) electrons. The number of hydrogen-bond acceptors (Lipinski definition) is 6. The van der Waals surface area contributed by atoms with Crippen molar-refractivity contribution < 1.29 is 4.39 Å². The molecule has 0 aliphatic carbocycles. The standard InChI is InChI=1S/C18H20ClFN6O/c1-9(2)13-14(10(3)4-6-22-13)26-17-11(8-12(20)15(19)24-17)16(23-7-5-21)25-18(26)27/h4,6,8-9H,5,7,21H2,1-3H3,(H,23,25,27). The molecule has 0 bridgehead atoms. The first-order valence-electron chi connectivity index (χ1n) is 8.53. The number of pyridine rings is 2. The normalized spacial score (nSPS) is 11.4. The Hall–Kier alpha value is -2.58. The monoisotopic (exact) mass is 390 g/mol. The molecule has 9 heteroatoms. The molecule has 0 atom stereocenters. The molecule has 0 saturated carbocycles. The highest BCUT2D eigenvalue weighted by molar-refractivity contribution is 6.30. The van der Waals surface area contributed by atoms with Gasteiger partial charge in [0.05, 0.1) is 16.8 Å². The maximum Gasteiger partial charge on any atom is 0.355 e. The van der Waals surface area contributed by atoms with Crippen molar-refractivity contribution in [3.63, 3.8) is 0 Å². The number of nitrogens with one attached hydrogen (secondary N) is 1. The summed E-state index contributed by atoms with van der Waals surface area (Å²) in [5.41, 5.74) is 7.28. The molecule has 0 spiro atoms. The highest BCUT2D eigenvalue weighted by atomic mass is 35.5. The molecule has 0 amide bonds. The van der Waals surface area contributed by atoms with Crippen LogP contribution >= 0.6 is 11.6 Å². The number of nitrogens with two attached hydrogens (primary N) is 1. The fourth-order valence-corrected chi connectivity index (χ4v) is 3.04. The molecule has 3 aromatic rings. The van der Waals surface area contributed by atoms with Gasteiger partial charge in [0.1, 0.15) is 5.82 Å². The number of rotatable bonds is 5. The van der Waals surface area contributed by atoms with Gasteiger partial charge in [0.25, 0.3) is 0 Å². The van der Waals surface area contributed by atoms with Crippen molar-refractivity contribution in [1.82, 2.24) is 19.5 Å². The highest BCUT2D eigenvalue weighted by Gasteiger charge is 2.21. The Labute approximate surface area is 160 Å². The van der Waals surface area contributed by atoms with E-state index in [1.807, 2.05) is 20.8 Å². The first-order chi connectivity index (χ1) is 12.8. The van der Waals surface area contributed by atoms with Crippen molar-refractivity contribution in [2.75, 3.05) is 18.4 Å². The van der Waals surface area contributed by atoms with E-state index in [-0.39, 0.29) is 22.5 Å². The topological polar surface area (TPSA) is 98.7 Å². The van der Waals surface area contributed by atoms with E-state index in [1.165, 1.54) is 10.6 Å². The number of hydrogen-bond donors (Lipinski definition) is 2. The third-order valence-electron chi connectivity index (χ3n) is 4.14. The van der Waals surface area contributed by atoms with E-state index in [0.29, 0.717) is 29.9 Å². The van der Waals surface area contributed by atoms with Crippen LogP contribution in [0.5, 0.6) is 0 Å². The van der Waals surface area contributed by atoms with E-state index < -0.39 is 11.5 Å². The molecule has 27 heavy (non-hydrogen) atoms. The van der Waals surface area contributed by atoms with Crippen molar-refractivity contribution in [1.29, 1.82) is 0 Å². The van der Waals surface area contributed by atoms with Gasteiger partial charge < -0.3 is 11.1 Å². The zero-order valence-electron chi connectivity index (χ0n) is 15.3. The molecule has 0 aliphatic heterocycles. The average molecular weight is 391 g/mol. The molecule has 0 fully saturated rings. The van der Waals surface area contributed by atoms with Gasteiger partial charge in [-0.1, -0.05) is 25.4 Å². The van der Waals surface area contributed by atoms with Crippen molar-refractivity contribution >= 4 is 28.5 Å². The molecule has 0 aromatic carbocycles. The Balaban J connectivity index is 2.44. The van der Waals surface area contributed by atoms with Gasteiger partial charge in [0.2, 0.25) is 0 Å². The van der Waals surface area contributed by atoms with E-state index in [0.717, 1.165) is 5.56 Å². The Bertz CT molecular complexity index is 1070. The van der Waals surface area contributed by atoms with Gasteiger partial charge in [-0.05, 0) is 30.5 Å². The Morgan fingerprint density at radius 2 is 2.11 bits per heavy atom. The lowest BCUT2D eigenvalue weighted by Gasteiger charge is -2.18. The Morgan fingerprint density at radius 1 is 1.37 bits per heavy atom. The van der Waals surface area contributed by atoms with Gasteiger partial charge in [-0.2, -0.15) is 4.98 Å². The first-order valence-corrected chi connectivity index (χ1v) is 8.91. The first kappa shape index (κ1) is 19.2. The summed E-state index contributed by atoms with van der Waals surface area (Å²) >= 11 is 5.92. The number of aromatic nitrogens is 4. The maximum atomic E-state index is 14.1. The minimum Gasteiger partial charge on any atom is -0.368 e. The number of nitrogens with zero attached hydrogens (tertiary/aromatic N) is 4. The summed E-state index contributed by atoms with van der Waals surface area (Å²) in [4.78, 5) is 25.6. The summed E-state index contributed by atoms with van der Waals surface area (Å²) < 4.78 is 15.4. The van der Waals surface area contributed by atoms with Gasteiger partial charge in [0.15, 0.2) is 16.6 Å². The van der Waals surface area contributed by atoms with Gasteiger partial charge in [0, 0.05) is 19.3 Å². The number of anilines is 1. The predicted molar refractivity (Wildman–Crippen MR) is 104 cm³/mol. The summed E-state index contributed by atoms with van der Waals surface area (Å²) in [6.45, 7) is 6.52. The van der Waals surface area contributed by atoms with Crippen molar-refractivity contribution in [3.8, 4) is 5.69 Å². The zero-order chi connectivity index (χ0) is 19.7. The van der Waals surface area contributed by atoms with Crippen LogP contribution < -0.4 is 16.7 Å². The SMILES string of the molecule is Cc1ccnc(C(C)C)c1-n1c(=O)nc(NCCN)c2cc(F)c(Cl)nc21. The second kappa shape index (κ2) is 7.58. The van der Waals surface area contributed by atoms with Crippen LogP contribution in [0.25, 0.3) is 16.7 Å². The molecule has 3 rings (SSSR count). The summed E-state index contributed by atoms with van der Waals surface area (Å²) in [6, 6.07) is 3.01. The minimum atomic E-state index is -0.695. The number of fused-ring (bicyclic) bond motifs is 1. The second-order valence-corrected chi connectivity index (χ2v) is 6.80. The van der Waals surface area contributed by atoms with Gasteiger partial charge in [-0.3, -0.25) is 4.98 Å². The lowest BCUT2D eigenvalue weighted by Crippen LogP contribution is -2.27. The smallest absolute Gasteiger partial charge is 0.355 e. The lowest BCUT2D eigenvalue weighted by atomic mass is 10.0. The predicted octanol–water partition coefficient (Wildman–Crippen LogP) is 2.77. The quantitative estimate of drug-likeness (QED) is 0.650. The molecule has 0 aliphatic rings. The van der Waals surface area contributed by atoms with Crippen molar-refractivity contribution in [2.24, 2.45) is 5.73 Å². The summed E-state index contributed by atoms with van der Waals surface area (Å²) in [5.74, 6) is -0.431. The molecule has 0 unspecified atom stereocenters. The van der Waals surface area contributed by atoms with E-state index in [2.05, 4.69) is 20.3 Å². The van der Waals surface area contributed by atoms with Crippen LogP contribution in [0.3, 0.4) is 0 Å². The third-order valence-corrected chi connectivity index (χ3v) is 4.41. The van der Waals surface area contributed by atoms with Crippen LogP contribution in [0, 0.1) is 12.7 Å². The number of aryl methyl sites for hydroxylation is 1. The molecule has 3 aromatic heterocycles. The Morgan fingerprint density at radius 3 is 2.78 bits per heavy atom. The van der Waals surface area contributed by atoms with Crippen LogP contribution in [0.1, 0.15) is 31.0 Å². The van der Waals surface area contributed by atoms with E-state index in [9.17, 15) is 9.18 Å². The van der Waals surface area contributed by atoms with Gasteiger partial charge in [-0.25, -0.2) is 18.7 Å². The van der Waals surface area contributed by atoms with Crippen LogP contribution in [-0.4, -0.2) is 32.6 Å². The summed E-state index contributed by atoms with van der Waals surface area (Å²) in [7, 11) is 0. The molecule has 0 saturated heterocycles. The number of halogens is 2. The van der Waals surface area contributed by atoms with Crippen LogP contribution in [0.4, 0.5) is 10.2 Å².